The van der Waals surface area contributed by atoms with Crippen LogP contribution in [-0.2, 0) is 4.79 Å². The van der Waals surface area contributed by atoms with Crippen LogP contribution in [0.15, 0.2) is 21.8 Å². The van der Waals surface area contributed by atoms with Gasteiger partial charge >= 0.3 is 0 Å². The van der Waals surface area contributed by atoms with Crippen molar-refractivity contribution in [3.8, 4) is 5.95 Å². The molecular formula is C13H16N8O2S. The van der Waals surface area contributed by atoms with Crippen LogP contribution in [0.3, 0.4) is 0 Å². The number of nitrogens with one attached hydrogen (secondary N) is 1. The maximum Gasteiger partial charge on any atom is 0.271 e. The molecule has 0 aliphatic carbocycles. The van der Waals surface area contributed by atoms with Gasteiger partial charge in [-0.15, -0.1) is 10.2 Å². The van der Waals surface area contributed by atoms with Crippen molar-refractivity contribution in [1.29, 1.82) is 0 Å². The smallest absolute Gasteiger partial charge is 0.271 e. The zero-order valence-corrected chi connectivity index (χ0v) is 14.2. The fourth-order valence-electron chi connectivity index (χ4n) is 2.07. The third-order valence-corrected chi connectivity index (χ3v) is 4.01. The molecule has 1 amide bonds. The maximum atomic E-state index is 11.9. The summed E-state index contributed by atoms with van der Waals surface area (Å²) in [4.78, 5) is 11.9. The van der Waals surface area contributed by atoms with Crippen LogP contribution >= 0.6 is 11.8 Å². The van der Waals surface area contributed by atoms with Crippen molar-refractivity contribution < 1.29 is 9.32 Å². The minimum atomic E-state index is -0.258. The Morgan fingerprint density at radius 1 is 1.29 bits per heavy atom. The molecule has 0 radical (unpaired) electrons. The first-order chi connectivity index (χ1) is 11.4. The highest BCUT2D eigenvalue weighted by atomic mass is 32.2. The van der Waals surface area contributed by atoms with E-state index >= 15 is 0 Å². The summed E-state index contributed by atoms with van der Waals surface area (Å²) in [5.74, 6) is 6.54. The highest BCUT2D eigenvalue weighted by Crippen LogP contribution is 2.18. The predicted octanol–water partition coefficient (Wildman–Crippen LogP) is 0.822. The van der Waals surface area contributed by atoms with Crippen LogP contribution in [0.5, 0.6) is 0 Å². The van der Waals surface area contributed by atoms with E-state index in [1.54, 1.807) is 17.7 Å². The highest BCUT2D eigenvalue weighted by molar-refractivity contribution is 7.99. The molecule has 0 saturated heterocycles. The Labute approximate surface area is 141 Å². The van der Waals surface area contributed by atoms with Gasteiger partial charge < -0.3 is 10.4 Å². The number of anilines is 1. The van der Waals surface area contributed by atoms with Gasteiger partial charge in [-0.1, -0.05) is 16.9 Å². The van der Waals surface area contributed by atoms with Crippen LogP contribution in [0.4, 0.5) is 5.88 Å². The zero-order valence-electron chi connectivity index (χ0n) is 13.3. The molecule has 3 aromatic rings. The number of thioether (sulfide) groups is 1. The molecule has 3 rings (SSSR count). The van der Waals surface area contributed by atoms with Crippen molar-refractivity contribution >= 4 is 23.6 Å². The molecule has 0 spiro atoms. The molecular weight excluding hydrogens is 332 g/mol. The molecule has 24 heavy (non-hydrogen) atoms. The van der Waals surface area contributed by atoms with Crippen LogP contribution in [0, 0.1) is 20.8 Å². The van der Waals surface area contributed by atoms with Crippen molar-refractivity contribution in [2.45, 2.75) is 25.9 Å². The number of rotatable bonds is 5. The standard InChI is InChI=1S/C13H16N8O2S/c1-7-4-9(3)21(18-7)12-16-17-13(20(12)14)24-6-10(22)15-11-5-8(2)19-23-11/h4-5H,6,14H2,1-3H3,(H,15,22). The molecule has 3 heterocycles. The monoisotopic (exact) mass is 348 g/mol. The number of nitrogens with two attached hydrogens (primary N) is 1. The molecule has 0 unspecified atom stereocenters. The quantitative estimate of drug-likeness (QED) is 0.512. The number of hydrogen-bond acceptors (Lipinski definition) is 8. The average Bonchev–Trinajstić information content (AvgIpc) is 3.17. The Bertz CT molecular complexity index is 881. The van der Waals surface area contributed by atoms with E-state index in [4.69, 9.17) is 10.4 Å². The fraction of sp³-hybridized carbons (Fsp3) is 0.308. The molecule has 0 saturated carbocycles. The van der Waals surface area contributed by atoms with E-state index in [0.717, 1.165) is 23.1 Å². The summed E-state index contributed by atoms with van der Waals surface area (Å²) in [6.45, 7) is 5.55. The minimum Gasteiger partial charge on any atom is -0.338 e. The average molecular weight is 348 g/mol. The number of amides is 1. The molecule has 10 nitrogen and oxygen atoms in total. The first-order valence-corrected chi connectivity index (χ1v) is 8.02. The van der Waals surface area contributed by atoms with Crippen molar-refractivity contribution in [3.63, 3.8) is 0 Å². The SMILES string of the molecule is Cc1cc(NC(=O)CSc2nnc(-n3nc(C)cc3C)n2N)on1. The van der Waals surface area contributed by atoms with E-state index in [1.165, 1.54) is 4.68 Å². The predicted molar refractivity (Wildman–Crippen MR) is 87.4 cm³/mol. The lowest BCUT2D eigenvalue weighted by molar-refractivity contribution is -0.113. The molecule has 0 aliphatic rings. The van der Waals surface area contributed by atoms with Crippen LogP contribution in [0.1, 0.15) is 17.1 Å². The number of nitrogen functional groups attached to an aromatic ring is 1. The molecule has 3 aromatic heterocycles. The Balaban J connectivity index is 1.66. The fourth-order valence-corrected chi connectivity index (χ4v) is 2.72. The molecule has 0 atom stereocenters. The Kier molecular flexibility index (Phi) is 4.25. The first kappa shape index (κ1) is 16.1. The molecule has 11 heteroatoms. The second kappa shape index (κ2) is 6.35. The molecule has 0 fully saturated rings. The van der Waals surface area contributed by atoms with Crippen LogP contribution < -0.4 is 11.2 Å². The van der Waals surface area contributed by atoms with Crippen LogP contribution in [-0.4, -0.2) is 41.5 Å². The lowest BCUT2D eigenvalue weighted by atomic mass is 10.4. The van der Waals surface area contributed by atoms with Gasteiger partial charge in [-0.05, 0) is 26.8 Å². The molecule has 0 aromatic carbocycles. The van der Waals surface area contributed by atoms with Gasteiger partial charge in [0.25, 0.3) is 5.95 Å². The van der Waals surface area contributed by atoms with Crippen molar-refractivity contribution in [2.75, 3.05) is 16.9 Å². The number of hydrogen-bond donors (Lipinski definition) is 2. The number of aryl methyl sites for hydroxylation is 3. The van der Waals surface area contributed by atoms with Crippen molar-refractivity contribution in [1.82, 2.24) is 29.8 Å². The summed E-state index contributed by atoms with van der Waals surface area (Å²) in [5.41, 5.74) is 2.43. The number of carbonyl (C=O) groups excluding carboxylic acids is 1. The van der Waals surface area contributed by atoms with Crippen molar-refractivity contribution in [3.05, 3.63) is 29.2 Å². The summed E-state index contributed by atoms with van der Waals surface area (Å²) >= 11 is 1.16. The zero-order chi connectivity index (χ0) is 17.3. The van der Waals surface area contributed by atoms with Gasteiger partial charge in [0.2, 0.25) is 16.9 Å². The van der Waals surface area contributed by atoms with E-state index in [9.17, 15) is 4.79 Å². The lowest BCUT2D eigenvalue weighted by Crippen LogP contribution is -2.18. The lowest BCUT2D eigenvalue weighted by Gasteiger charge is -2.04. The normalized spacial score (nSPS) is 11.0. The van der Waals surface area contributed by atoms with Gasteiger partial charge in [0, 0.05) is 11.8 Å². The van der Waals surface area contributed by atoms with E-state index in [-0.39, 0.29) is 11.7 Å². The van der Waals surface area contributed by atoms with Crippen LogP contribution in [0.2, 0.25) is 0 Å². The van der Waals surface area contributed by atoms with E-state index in [2.05, 4.69) is 25.8 Å². The van der Waals surface area contributed by atoms with Gasteiger partial charge in [-0.2, -0.15) is 5.10 Å². The Hall–Kier alpha value is -2.82. The number of nitrogens with zero attached hydrogens (tertiary/aromatic N) is 6. The van der Waals surface area contributed by atoms with Gasteiger partial charge in [0.1, 0.15) is 0 Å². The summed E-state index contributed by atoms with van der Waals surface area (Å²) in [6, 6.07) is 3.54. The molecule has 126 valence electrons. The van der Waals surface area contributed by atoms with Gasteiger partial charge in [-0.3, -0.25) is 10.1 Å². The van der Waals surface area contributed by atoms with E-state index < -0.39 is 0 Å². The Morgan fingerprint density at radius 3 is 2.71 bits per heavy atom. The second-order valence-electron chi connectivity index (χ2n) is 5.16. The molecule has 0 bridgehead atoms. The van der Waals surface area contributed by atoms with Crippen molar-refractivity contribution in [2.24, 2.45) is 0 Å². The third-order valence-electron chi connectivity index (χ3n) is 3.07. The van der Waals surface area contributed by atoms with E-state index in [1.807, 2.05) is 19.9 Å². The van der Waals surface area contributed by atoms with Gasteiger partial charge in [-0.25, -0.2) is 9.36 Å². The topological polar surface area (TPSA) is 130 Å². The first-order valence-electron chi connectivity index (χ1n) is 7.04. The number of aromatic nitrogens is 6. The van der Waals surface area contributed by atoms with Gasteiger partial charge in [0.15, 0.2) is 0 Å². The van der Waals surface area contributed by atoms with E-state index in [0.29, 0.717) is 22.7 Å². The second-order valence-corrected chi connectivity index (χ2v) is 6.10. The summed E-state index contributed by atoms with van der Waals surface area (Å²) in [7, 11) is 0. The Morgan fingerprint density at radius 2 is 2.08 bits per heavy atom. The minimum absolute atomic E-state index is 0.103. The summed E-state index contributed by atoms with van der Waals surface area (Å²) < 4.78 is 7.83. The highest BCUT2D eigenvalue weighted by Gasteiger charge is 2.16. The van der Waals surface area contributed by atoms with Crippen LogP contribution in [0.25, 0.3) is 5.95 Å². The number of carbonyl (C=O) groups is 1. The largest absolute Gasteiger partial charge is 0.338 e. The summed E-state index contributed by atoms with van der Waals surface area (Å²) in [5, 5.41) is 19.0. The molecule has 3 N–H and O–H groups in total. The van der Waals surface area contributed by atoms with Gasteiger partial charge in [0.05, 0.1) is 17.1 Å². The summed E-state index contributed by atoms with van der Waals surface area (Å²) in [6.07, 6.45) is 0. The molecule has 0 aliphatic heterocycles. The third kappa shape index (κ3) is 3.25. The maximum absolute atomic E-state index is 11.9.